The predicted octanol–water partition coefficient (Wildman–Crippen LogP) is 5.31. The number of amides is 1. The molecule has 1 amide bonds. The summed E-state index contributed by atoms with van der Waals surface area (Å²) in [7, 11) is -2.24. The first-order chi connectivity index (χ1) is 16.9. The van der Waals surface area contributed by atoms with Gasteiger partial charge in [0.25, 0.3) is 15.9 Å². The van der Waals surface area contributed by atoms with Crippen molar-refractivity contribution >= 4 is 38.3 Å². The minimum atomic E-state index is -3.74. The van der Waals surface area contributed by atoms with Crippen LogP contribution in [0.25, 0.3) is 22.4 Å². The van der Waals surface area contributed by atoms with E-state index in [0.29, 0.717) is 16.9 Å². The highest BCUT2D eigenvalue weighted by molar-refractivity contribution is 7.92. The molecule has 1 heterocycles. The zero-order chi connectivity index (χ0) is 24.4. The number of imidazole rings is 1. The molecule has 0 radical (unpaired) electrons. The molecule has 35 heavy (non-hydrogen) atoms. The van der Waals surface area contributed by atoms with Crippen molar-refractivity contribution in [1.29, 1.82) is 0 Å². The van der Waals surface area contributed by atoms with Gasteiger partial charge in [-0.05, 0) is 72.8 Å². The number of nitrogens with zero attached hydrogens (tertiary/aromatic N) is 2. The smallest absolute Gasteiger partial charge is 0.264 e. The maximum atomic E-state index is 12.9. The molecule has 0 spiro atoms. The summed E-state index contributed by atoms with van der Waals surface area (Å²) in [5.41, 5.74) is 4.28. The second-order valence-electron chi connectivity index (χ2n) is 7.97. The topological polar surface area (TPSA) is 95.2 Å². The van der Waals surface area contributed by atoms with Crippen molar-refractivity contribution in [3.63, 3.8) is 0 Å². The Bertz CT molecular complexity index is 1560. The molecule has 0 aliphatic carbocycles. The van der Waals surface area contributed by atoms with Crippen LogP contribution in [0.5, 0.6) is 0 Å². The van der Waals surface area contributed by atoms with Crippen molar-refractivity contribution in [3.05, 3.63) is 109 Å². The van der Waals surface area contributed by atoms with Crippen LogP contribution in [0.15, 0.2) is 108 Å². The van der Waals surface area contributed by atoms with E-state index in [-0.39, 0.29) is 10.8 Å². The summed E-state index contributed by atoms with van der Waals surface area (Å²) in [5.74, 6) is 0.420. The molecule has 7 nitrogen and oxygen atoms in total. The molecular formula is C27H22N4O3S. The van der Waals surface area contributed by atoms with Crippen molar-refractivity contribution in [2.24, 2.45) is 0 Å². The lowest BCUT2D eigenvalue weighted by Gasteiger charge is -2.19. The Morgan fingerprint density at radius 3 is 2.17 bits per heavy atom. The Morgan fingerprint density at radius 1 is 0.829 bits per heavy atom. The van der Waals surface area contributed by atoms with Gasteiger partial charge in [0.05, 0.1) is 21.6 Å². The number of carbonyl (C=O) groups excluding carboxylic acids is 1. The molecule has 0 fully saturated rings. The van der Waals surface area contributed by atoms with Gasteiger partial charge in [-0.15, -0.1) is 0 Å². The number of sulfonamides is 1. The monoisotopic (exact) mass is 482 g/mol. The molecule has 0 unspecified atom stereocenters. The summed E-state index contributed by atoms with van der Waals surface area (Å²) >= 11 is 0. The lowest BCUT2D eigenvalue weighted by Crippen LogP contribution is -2.26. The van der Waals surface area contributed by atoms with Gasteiger partial charge in [-0.1, -0.05) is 30.3 Å². The molecule has 0 bridgehead atoms. The molecule has 5 rings (SSSR count). The van der Waals surface area contributed by atoms with E-state index in [1.54, 1.807) is 36.4 Å². The molecule has 0 saturated heterocycles. The van der Waals surface area contributed by atoms with Gasteiger partial charge in [0.2, 0.25) is 0 Å². The number of anilines is 2. The van der Waals surface area contributed by atoms with E-state index in [9.17, 15) is 13.2 Å². The van der Waals surface area contributed by atoms with Crippen molar-refractivity contribution in [3.8, 4) is 11.4 Å². The van der Waals surface area contributed by atoms with Crippen molar-refractivity contribution < 1.29 is 13.2 Å². The first-order valence-electron chi connectivity index (χ1n) is 10.9. The maximum absolute atomic E-state index is 12.9. The van der Waals surface area contributed by atoms with Gasteiger partial charge in [0, 0.05) is 23.9 Å². The van der Waals surface area contributed by atoms with Crippen LogP contribution in [0.3, 0.4) is 0 Å². The van der Waals surface area contributed by atoms with Gasteiger partial charge in [-0.25, -0.2) is 13.4 Å². The van der Waals surface area contributed by atoms with Crippen molar-refractivity contribution in [1.82, 2.24) is 9.97 Å². The van der Waals surface area contributed by atoms with Gasteiger partial charge >= 0.3 is 0 Å². The molecule has 0 aliphatic rings. The third-order valence-corrected chi connectivity index (χ3v) is 7.50. The minimum Gasteiger partial charge on any atom is -0.338 e. The van der Waals surface area contributed by atoms with Crippen LogP contribution >= 0.6 is 0 Å². The standard InChI is InChI=1S/C27H22N4O3S/c1-31(22-7-3-2-4-8-22)35(33,34)23-17-13-20(14-18-23)27(32)28-21-15-11-19(12-16-21)26-29-24-9-5-6-10-25(24)30-26/h2-18H,1H3,(H,28,32)(H,29,30). The number of rotatable bonds is 6. The Morgan fingerprint density at radius 2 is 1.49 bits per heavy atom. The number of fused-ring (bicyclic) bond motifs is 1. The molecule has 0 atom stereocenters. The number of hydrogen-bond donors (Lipinski definition) is 2. The molecule has 8 heteroatoms. The van der Waals surface area contributed by atoms with Crippen LogP contribution in [0.2, 0.25) is 0 Å². The number of aromatic amines is 1. The second-order valence-corrected chi connectivity index (χ2v) is 9.94. The lowest BCUT2D eigenvalue weighted by atomic mass is 10.1. The van der Waals surface area contributed by atoms with E-state index in [4.69, 9.17) is 0 Å². The Labute approximate surface area is 203 Å². The Kier molecular flexibility index (Phi) is 5.80. The van der Waals surface area contributed by atoms with E-state index < -0.39 is 10.0 Å². The van der Waals surface area contributed by atoms with Gasteiger partial charge in [0.15, 0.2) is 0 Å². The SMILES string of the molecule is CN(c1ccccc1)S(=O)(=O)c1ccc(C(=O)Nc2ccc(-c3nc4ccccc4[nH]3)cc2)cc1. The van der Waals surface area contributed by atoms with E-state index >= 15 is 0 Å². The predicted molar refractivity (Wildman–Crippen MR) is 138 cm³/mol. The van der Waals surface area contributed by atoms with Gasteiger partial charge in [0.1, 0.15) is 5.82 Å². The van der Waals surface area contributed by atoms with Crippen molar-refractivity contribution in [2.75, 3.05) is 16.7 Å². The Balaban J connectivity index is 1.28. The maximum Gasteiger partial charge on any atom is 0.264 e. The molecule has 4 aromatic carbocycles. The normalized spacial score (nSPS) is 11.3. The third kappa shape index (κ3) is 4.51. The van der Waals surface area contributed by atoms with E-state index in [1.165, 1.54) is 35.6 Å². The zero-order valence-electron chi connectivity index (χ0n) is 18.8. The number of carbonyl (C=O) groups is 1. The quantitative estimate of drug-likeness (QED) is 0.343. The summed E-state index contributed by atoms with van der Waals surface area (Å²) in [6.07, 6.45) is 0. The van der Waals surface area contributed by atoms with Crippen LogP contribution in [-0.2, 0) is 10.0 Å². The number of benzene rings is 4. The number of nitrogens with one attached hydrogen (secondary N) is 2. The second kappa shape index (κ2) is 9.08. The number of para-hydroxylation sites is 3. The number of H-pyrrole nitrogens is 1. The van der Waals surface area contributed by atoms with Crippen LogP contribution in [0, 0.1) is 0 Å². The van der Waals surface area contributed by atoms with E-state index in [2.05, 4.69) is 15.3 Å². The third-order valence-electron chi connectivity index (χ3n) is 5.70. The highest BCUT2D eigenvalue weighted by atomic mass is 32.2. The highest BCUT2D eigenvalue weighted by Gasteiger charge is 2.21. The molecule has 5 aromatic rings. The van der Waals surface area contributed by atoms with Crippen molar-refractivity contribution in [2.45, 2.75) is 4.90 Å². The first kappa shape index (κ1) is 22.4. The van der Waals surface area contributed by atoms with Crippen LogP contribution in [0.1, 0.15) is 10.4 Å². The zero-order valence-corrected chi connectivity index (χ0v) is 19.7. The number of aromatic nitrogens is 2. The molecule has 0 saturated carbocycles. The lowest BCUT2D eigenvalue weighted by molar-refractivity contribution is 0.102. The minimum absolute atomic E-state index is 0.107. The van der Waals surface area contributed by atoms with Crippen LogP contribution in [0.4, 0.5) is 11.4 Å². The molecule has 174 valence electrons. The average Bonchev–Trinajstić information content (AvgIpc) is 3.33. The van der Waals surface area contributed by atoms with E-state index in [1.807, 2.05) is 42.5 Å². The van der Waals surface area contributed by atoms with Crippen LogP contribution in [-0.4, -0.2) is 31.3 Å². The largest absolute Gasteiger partial charge is 0.338 e. The molecule has 0 aliphatic heterocycles. The number of hydrogen-bond acceptors (Lipinski definition) is 4. The fraction of sp³-hybridized carbons (Fsp3) is 0.0370. The van der Waals surface area contributed by atoms with Gasteiger partial charge in [-0.3, -0.25) is 9.10 Å². The van der Waals surface area contributed by atoms with Crippen LogP contribution < -0.4 is 9.62 Å². The highest BCUT2D eigenvalue weighted by Crippen LogP contribution is 2.24. The molecular weight excluding hydrogens is 460 g/mol. The Hall–Kier alpha value is -4.43. The first-order valence-corrected chi connectivity index (χ1v) is 12.4. The summed E-state index contributed by atoms with van der Waals surface area (Å²) in [6.45, 7) is 0. The molecule has 2 N–H and O–H groups in total. The van der Waals surface area contributed by atoms with Gasteiger partial charge in [-0.2, -0.15) is 0 Å². The average molecular weight is 483 g/mol. The summed E-state index contributed by atoms with van der Waals surface area (Å²) in [4.78, 5) is 20.7. The fourth-order valence-electron chi connectivity index (χ4n) is 3.72. The summed E-state index contributed by atoms with van der Waals surface area (Å²) in [6, 6.07) is 29.9. The fourth-order valence-corrected chi connectivity index (χ4v) is 4.91. The molecule has 1 aromatic heterocycles. The summed E-state index contributed by atoms with van der Waals surface area (Å²) < 4.78 is 27.1. The summed E-state index contributed by atoms with van der Waals surface area (Å²) in [5, 5.41) is 2.84. The van der Waals surface area contributed by atoms with Gasteiger partial charge < -0.3 is 10.3 Å². The van der Waals surface area contributed by atoms with E-state index in [0.717, 1.165) is 22.4 Å².